The summed E-state index contributed by atoms with van der Waals surface area (Å²) in [5.41, 5.74) is 1.72. The van der Waals surface area contributed by atoms with E-state index in [1.807, 2.05) is 4.90 Å². The number of carboxylic acids is 1. The molecule has 0 saturated carbocycles. The highest BCUT2D eigenvalue weighted by Gasteiger charge is 2.22. The van der Waals surface area contributed by atoms with Gasteiger partial charge in [0.15, 0.2) is 0 Å². The summed E-state index contributed by atoms with van der Waals surface area (Å²) in [4.78, 5) is 12.8. The van der Waals surface area contributed by atoms with Crippen LogP contribution in [0.25, 0.3) is 0 Å². The number of anilines is 1. The Morgan fingerprint density at radius 3 is 2.81 bits per heavy atom. The second kappa shape index (κ2) is 5.16. The second-order valence-corrected chi connectivity index (χ2v) is 5.03. The number of halogens is 2. The average Bonchev–Trinajstić information content (AvgIpc) is 2.83. The summed E-state index contributed by atoms with van der Waals surface area (Å²) in [7, 11) is 0. The Bertz CT molecular complexity index is 715. The fourth-order valence-corrected chi connectivity index (χ4v) is 2.66. The summed E-state index contributed by atoms with van der Waals surface area (Å²) in [5.74, 6) is -2.35. The van der Waals surface area contributed by atoms with E-state index in [9.17, 15) is 13.6 Å². The number of nitrogens with zero attached hydrogens (tertiary/aromatic N) is 1. The van der Waals surface area contributed by atoms with Crippen molar-refractivity contribution in [3.63, 3.8) is 0 Å². The quantitative estimate of drug-likeness (QED) is 0.943. The Hall–Kier alpha value is -2.43. The topological polar surface area (TPSA) is 40.5 Å². The van der Waals surface area contributed by atoms with Crippen LogP contribution in [0.3, 0.4) is 0 Å². The van der Waals surface area contributed by atoms with Gasteiger partial charge in [0.2, 0.25) is 0 Å². The molecule has 0 aromatic heterocycles. The fraction of sp³-hybridized carbons (Fsp3) is 0.188. The molecular formula is C16H13F2NO2. The molecule has 0 saturated heterocycles. The molecule has 0 atom stereocenters. The molecule has 0 aliphatic carbocycles. The first kappa shape index (κ1) is 13.5. The molecule has 1 aliphatic rings. The van der Waals surface area contributed by atoms with Gasteiger partial charge in [-0.3, -0.25) is 0 Å². The normalized spacial score (nSPS) is 13.3. The van der Waals surface area contributed by atoms with E-state index in [1.165, 1.54) is 24.3 Å². The minimum Gasteiger partial charge on any atom is -0.478 e. The number of carboxylic acid groups (broad SMARTS) is 1. The minimum absolute atomic E-state index is 0.226. The molecule has 1 N–H and O–H groups in total. The van der Waals surface area contributed by atoms with Crippen molar-refractivity contribution in [2.45, 2.75) is 13.0 Å². The smallest absolute Gasteiger partial charge is 0.338 e. The van der Waals surface area contributed by atoms with E-state index in [-0.39, 0.29) is 17.9 Å². The molecular weight excluding hydrogens is 276 g/mol. The highest BCUT2D eigenvalue weighted by molar-refractivity contribution is 5.88. The third kappa shape index (κ3) is 2.46. The van der Waals surface area contributed by atoms with Gasteiger partial charge in [0.1, 0.15) is 11.6 Å². The van der Waals surface area contributed by atoms with Gasteiger partial charge >= 0.3 is 5.97 Å². The van der Waals surface area contributed by atoms with Crippen molar-refractivity contribution in [2.75, 3.05) is 11.4 Å². The number of rotatable bonds is 3. The lowest BCUT2D eigenvalue weighted by Gasteiger charge is -2.20. The van der Waals surface area contributed by atoms with Crippen LogP contribution in [0.2, 0.25) is 0 Å². The van der Waals surface area contributed by atoms with E-state index in [2.05, 4.69) is 0 Å². The molecule has 0 unspecified atom stereocenters. The molecule has 21 heavy (non-hydrogen) atoms. The molecule has 5 heteroatoms. The van der Waals surface area contributed by atoms with Crippen molar-refractivity contribution in [2.24, 2.45) is 0 Å². The molecule has 0 bridgehead atoms. The lowest BCUT2D eigenvalue weighted by Crippen LogP contribution is -2.21. The Labute approximate surface area is 120 Å². The first-order valence-corrected chi connectivity index (χ1v) is 6.60. The maximum atomic E-state index is 14.2. The van der Waals surface area contributed by atoms with Crippen molar-refractivity contribution < 1.29 is 18.7 Å². The van der Waals surface area contributed by atoms with Crippen LogP contribution in [0.1, 0.15) is 21.5 Å². The summed E-state index contributed by atoms with van der Waals surface area (Å²) in [6.45, 7) is 0.888. The van der Waals surface area contributed by atoms with E-state index >= 15 is 0 Å². The van der Waals surface area contributed by atoms with Crippen molar-refractivity contribution in [3.8, 4) is 0 Å². The zero-order valence-electron chi connectivity index (χ0n) is 11.1. The summed E-state index contributed by atoms with van der Waals surface area (Å²) in [5, 5.41) is 8.94. The van der Waals surface area contributed by atoms with Crippen LogP contribution in [0.4, 0.5) is 14.5 Å². The molecule has 1 heterocycles. The van der Waals surface area contributed by atoms with E-state index in [4.69, 9.17) is 5.11 Å². The van der Waals surface area contributed by atoms with Crippen LogP contribution in [0.15, 0.2) is 36.4 Å². The first-order valence-electron chi connectivity index (χ1n) is 6.60. The van der Waals surface area contributed by atoms with Crippen molar-refractivity contribution in [1.29, 1.82) is 0 Å². The summed E-state index contributed by atoms with van der Waals surface area (Å²) in [6, 6.07) is 8.88. The zero-order valence-corrected chi connectivity index (χ0v) is 11.1. The fourth-order valence-electron chi connectivity index (χ4n) is 2.66. The van der Waals surface area contributed by atoms with Gasteiger partial charge < -0.3 is 10.0 Å². The summed E-state index contributed by atoms with van der Waals surface area (Å²) < 4.78 is 27.5. The molecule has 0 fully saturated rings. The predicted octanol–water partition coefficient (Wildman–Crippen LogP) is 3.23. The molecule has 3 nitrogen and oxygen atoms in total. The van der Waals surface area contributed by atoms with E-state index < -0.39 is 11.8 Å². The third-order valence-electron chi connectivity index (χ3n) is 3.71. The summed E-state index contributed by atoms with van der Waals surface area (Å²) in [6.07, 6.45) is 0.774. The lowest BCUT2D eigenvalue weighted by molar-refractivity contribution is 0.0691. The number of carbonyl (C=O) groups is 1. The van der Waals surface area contributed by atoms with Crippen LogP contribution < -0.4 is 4.90 Å². The number of aromatic carboxylic acids is 1. The van der Waals surface area contributed by atoms with Crippen LogP contribution in [-0.4, -0.2) is 17.6 Å². The molecule has 2 aromatic carbocycles. The largest absolute Gasteiger partial charge is 0.478 e. The van der Waals surface area contributed by atoms with Gasteiger partial charge in [0.05, 0.1) is 5.56 Å². The number of fused-ring (bicyclic) bond motifs is 1. The highest BCUT2D eigenvalue weighted by Crippen LogP contribution is 2.30. The lowest BCUT2D eigenvalue weighted by atomic mass is 10.1. The van der Waals surface area contributed by atoms with Crippen LogP contribution in [0.5, 0.6) is 0 Å². The van der Waals surface area contributed by atoms with Gasteiger partial charge in [-0.05, 0) is 30.2 Å². The van der Waals surface area contributed by atoms with Crippen LogP contribution in [-0.2, 0) is 13.0 Å². The van der Waals surface area contributed by atoms with Gasteiger partial charge in [-0.1, -0.05) is 18.2 Å². The standard InChI is InChI=1S/C16H13F2NO2/c17-12-5-4-10-6-7-19(14(10)8-12)9-11-2-1-3-13(15(11)18)16(20)21/h1-5,8H,6-7,9H2,(H,20,21). The van der Waals surface area contributed by atoms with Crippen molar-refractivity contribution in [1.82, 2.24) is 0 Å². The van der Waals surface area contributed by atoms with Crippen LogP contribution in [0, 0.1) is 11.6 Å². The zero-order chi connectivity index (χ0) is 15.0. The molecule has 0 amide bonds. The Balaban J connectivity index is 1.91. The van der Waals surface area contributed by atoms with Gasteiger partial charge in [0.25, 0.3) is 0 Å². The van der Waals surface area contributed by atoms with E-state index in [0.717, 1.165) is 17.7 Å². The van der Waals surface area contributed by atoms with Gasteiger partial charge in [0, 0.05) is 24.3 Å². The number of hydrogen-bond acceptors (Lipinski definition) is 2. The predicted molar refractivity (Wildman–Crippen MR) is 74.5 cm³/mol. The van der Waals surface area contributed by atoms with Crippen molar-refractivity contribution >= 4 is 11.7 Å². The molecule has 0 radical (unpaired) electrons. The Morgan fingerprint density at radius 1 is 1.24 bits per heavy atom. The molecule has 108 valence electrons. The average molecular weight is 289 g/mol. The monoisotopic (exact) mass is 289 g/mol. The van der Waals surface area contributed by atoms with Gasteiger partial charge in [-0.2, -0.15) is 0 Å². The minimum atomic E-state index is -1.29. The molecule has 1 aliphatic heterocycles. The van der Waals surface area contributed by atoms with Gasteiger partial charge in [-0.15, -0.1) is 0 Å². The Kier molecular flexibility index (Phi) is 3.33. The molecule has 3 rings (SSSR count). The maximum Gasteiger partial charge on any atom is 0.338 e. The van der Waals surface area contributed by atoms with Crippen LogP contribution >= 0.6 is 0 Å². The Morgan fingerprint density at radius 2 is 2.05 bits per heavy atom. The number of hydrogen-bond donors (Lipinski definition) is 1. The first-order chi connectivity index (χ1) is 10.1. The summed E-state index contributed by atoms with van der Waals surface area (Å²) >= 11 is 0. The molecule has 0 spiro atoms. The second-order valence-electron chi connectivity index (χ2n) is 5.03. The SMILES string of the molecule is O=C(O)c1cccc(CN2CCc3ccc(F)cc32)c1F. The third-order valence-corrected chi connectivity index (χ3v) is 3.71. The van der Waals surface area contributed by atoms with E-state index in [1.54, 1.807) is 12.1 Å². The number of benzene rings is 2. The van der Waals surface area contributed by atoms with Gasteiger partial charge in [-0.25, -0.2) is 13.6 Å². The maximum absolute atomic E-state index is 14.2. The molecule has 2 aromatic rings. The van der Waals surface area contributed by atoms with Crippen molar-refractivity contribution in [3.05, 3.63) is 64.7 Å². The van der Waals surface area contributed by atoms with E-state index in [0.29, 0.717) is 12.1 Å². The highest BCUT2D eigenvalue weighted by atomic mass is 19.1.